The third kappa shape index (κ3) is 3.87. The Morgan fingerprint density at radius 3 is 2.35 bits per heavy atom. The van der Waals surface area contributed by atoms with E-state index in [9.17, 15) is 14.4 Å². The molecule has 1 atom stereocenters. The van der Waals surface area contributed by atoms with Gasteiger partial charge >= 0.3 is 0 Å². The number of nitrogens with one attached hydrogen (secondary N) is 1. The summed E-state index contributed by atoms with van der Waals surface area (Å²) in [4.78, 5) is 39.9. The van der Waals surface area contributed by atoms with Crippen LogP contribution in [0.25, 0.3) is 0 Å². The van der Waals surface area contributed by atoms with Crippen LogP contribution in [-0.2, 0) is 0 Å². The Balaban J connectivity index is 1.54. The van der Waals surface area contributed by atoms with Crippen LogP contribution in [0.2, 0.25) is 0 Å². The molecule has 31 heavy (non-hydrogen) atoms. The minimum atomic E-state index is -0.402. The number of hydrogen-bond acceptors (Lipinski definition) is 3. The van der Waals surface area contributed by atoms with Gasteiger partial charge in [-0.15, -0.1) is 0 Å². The van der Waals surface area contributed by atoms with Crippen molar-refractivity contribution in [1.82, 2.24) is 5.32 Å². The topological polar surface area (TPSA) is 66.5 Å². The second kappa shape index (κ2) is 8.19. The lowest BCUT2D eigenvalue weighted by Gasteiger charge is -2.17. The highest BCUT2D eigenvalue weighted by Crippen LogP contribution is 2.31. The van der Waals surface area contributed by atoms with E-state index < -0.39 is 5.91 Å². The van der Waals surface area contributed by atoms with Crippen LogP contribution < -0.4 is 10.2 Å². The van der Waals surface area contributed by atoms with Gasteiger partial charge in [0.1, 0.15) is 0 Å². The fraction of sp³-hybridized carbons (Fsp3) is 0.192. The average Bonchev–Trinajstić information content (AvgIpc) is 3.03. The maximum absolute atomic E-state index is 13.1. The summed E-state index contributed by atoms with van der Waals surface area (Å²) in [5.41, 5.74) is 4.46. The van der Waals surface area contributed by atoms with Crippen molar-refractivity contribution in [2.45, 2.75) is 26.7 Å². The molecule has 0 aliphatic carbocycles. The third-order valence-electron chi connectivity index (χ3n) is 5.69. The summed E-state index contributed by atoms with van der Waals surface area (Å²) in [5, 5.41) is 2.93. The molecule has 0 radical (unpaired) electrons. The Morgan fingerprint density at radius 2 is 1.61 bits per heavy atom. The molecule has 0 aromatic heterocycles. The first kappa shape index (κ1) is 20.5. The van der Waals surface area contributed by atoms with E-state index in [0.717, 1.165) is 16.7 Å². The molecule has 1 heterocycles. The normalized spacial score (nSPS) is 13.8. The molecular formula is C26H24N2O3. The molecule has 5 heteroatoms. The SMILES string of the molecule is Cc1ccc(C)c(N2C(=O)c3ccc(C(=O)NC[C@@H](C)c4ccccc4)cc3C2=O)c1. The van der Waals surface area contributed by atoms with Gasteiger partial charge in [0.25, 0.3) is 17.7 Å². The van der Waals surface area contributed by atoms with Gasteiger partial charge in [0.2, 0.25) is 0 Å². The van der Waals surface area contributed by atoms with Gasteiger partial charge in [-0.05, 0) is 60.7 Å². The molecule has 4 rings (SSSR count). The van der Waals surface area contributed by atoms with E-state index in [1.807, 2.05) is 69.3 Å². The van der Waals surface area contributed by atoms with Crippen molar-refractivity contribution in [3.63, 3.8) is 0 Å². The number of hydrogen-bond donors (Lipinski definition) is 1. The molecule has 0 unspecified atom stereocenters. The second-order valence-electron chi connectivity index (χ2n) is 8.02. The van der Waals surface area contributed by atoms with E-state index >= 15 is 0 Å². The predicted molar refractivity (Wildman–Crippen MR) is 121 cm³/mol. The predicted octanol–water partition coefficient (Wildman–Crippen LogP) is 4.64. The van der Waals surface area contributed by atoms with Crippen molar-refractivity contribution in [1.29, 1.82) is 0 Å². The lowest BCUT2D eigenvalue weighted by atomic mass is 10.0. The molecule has 0 bridgehead atoms. The van der Waals surface area contributed by atoms with E-state index in [1.54, 1.807) is 12.1 Å². The molecule has 3 aromatic rings. The van der Waals surface area contributed by atoms with Gasteiger partial charge in [-0.2, -0.15) is 0 Å². The van der Waals surface area contributed by atoms with E-state index in [4.69, 9.17) is 0 Å². The summed E-state index contributed by atoms with van der Waals surface area (Å²) in [7, 11) is 0. The fourth-order valence-corrected chi connectivity index (χ4v) is 3.81. The van der Waals surface area contributed by atoms with Crippen LogP contribution in [0.4, 0.5) is 5.69 Å². The molecule has 0 saturated heterocycles. The maximum Gasteiger partial charge on any atom is 0.266 e. The number of anilines is 1. The van der Waals surface area contributed by atoms with E-state index in [1.165, 1.54) is 11.0 Å². The summed E-state index contributed by atoms with van der Waals surface area (Å²) < 4.78 is 0. The van der Waals surface area contributed by atoms with Crippen LogP contribution in [0.3, 0.4) is 0 Å². The first-order valence-corrected chi connectivity index (χ1v) is 10.3. The van der Waals surface area contributed by atoms with E-state index in [-0.39, 0.29) is 23.3 Å². The van der Waals surface area contributed by atoms with Crippen molar-refractivity contribution >= 4 is 23.4 Å². The number of imide groups is 1. The van der Waals surface area contributed by atoms with Crippen molar-refractivity contribution in [3.8, 4) is 0 Å². The quantitative estimate of drug-likeness (QED) is 0.621. The highest BCUT2D eigenvalue weighted by molar-refractivity contribution is 6.35. The van der Waals surface area contributed by atoms with Crippen LogP contribution in [-0.4, -0.2) is 24.3 Å². The molecule has 1 N–H and O–H groups in total. The summed E-state index contributed by atoms with van der Waals surface area (Å²) >= 11 is 0. The standard InChI is InChI=1S/C26H24N2O3/c1-16-9-10-17(2)23(13-16)28-25(30)21-12-11-20(14-22(21)26(28)31)24(29)27-15-18(3)19-7-5-4-6-8-19/h4-14,18H,15H2,1-3H3,(H,27,29)/t18-/m1/s1. The first-order chi connectivity index (χ1) is 14.9. The van der Waals surface area contributed by atoms with Gasteiger partial charge < -0.3 is 5.32 Å². The fourth-order valence-electron chi connectivity index (χ4n) is 3.81. The molecule has 3 amide bonds. The highest BCUT2D eigenvalue weighted by atomic mass is 16.2. The van der Waals surface area contributed by atoms with Crippen molar-refractivity contribution in [3.05, 3.63) is 100 Å². The maximum atomic E-state index is 13.1. The van der Waals surface area contributed by atoms with Gasteiger partial charge in [0, 0.05) is 12.1 Å². The minimum Gasteiger partial charge on any atom is -0.351 e. The third-order valence-corrected chi connectivity index (χ3v) is 5.69. The number of amides is 3. The summed E-state index contributed by atoms with van der Waals surface area (Å²) in [6.45, 7) is 6.30. The Hall–Kier alpha value is -3.73. The minimum absolute atomic E-state index is 0.155. The molecule has 3 aromatic carbocycles. The van der Waals surface area contributed by atoms with Crippen molar-refractivity contribution in [2.24, 2.45) is 0 Å². The summed E-state index contributed by atoms with van der Waals surface area (Å²) in [6, 6.07) is 20.3. The Labute approximate surface area is 181 Å². The number of rotatable bonds is 5. The van der Waals surface area contributed by atoms with Crippen LogP contribution in [0.15, 0.2) is 66.7 Å². The molecule has 156 valence electrons. The molecule has 1 aliphatic rings. The van der Waals surface area contributed by atoms with Gasteiger partial charge in [0.15, 0.2) is 0 Å². The van der Waals surface area contributed by atoms with Gasteiger partial charge in [0.05, 0.1) is 16.8 Å². The molecular weight excluding hydrogens is 388 g/mol. The molecule has 0 fully saturated rings. The summed E-state index contributed by atoms with van der Waals surface area (Å²) in [5.74, 6) is -0.877. The summed E-state index contributed by atoms with van der Waals surface area (Å²) in [6.07, 6.45) is 0. The monoisotopic (exact) mass is 412 g/mol. The zero-order valence-electron chi connectivity index (χ0n) is 17.8. The molecule has 5 nitrogen and oxygen atoms in total. The van der Waals surface area contributed by atoms with Crippen molar-refractivity contribution in [2.75, 3.05) is 11.4 Å². The number of carbonyl (C=O) groups is 3. The largest absolute Gasteiger partial charge is 0.351 e. The van der Waals surface area contributed by atoms with Gasteiger partial charge in [-0.1, -0.05) is 49.4 Å². The number of carbonyl (C=O) groups excluding carboxylic acids is 3. The van der Waals surface area contributed by atoms with Crippen molar-refractivity contribution < 1.29 is 14.4 Å². The second-order valence-corrected chi connectivity index (χ2v) is 8.02. The lowest BCUT2D eigenvalue weighted by molar-refractivity contribution is 0.0923. The zero-order chi connectivity index (χ0) is 22.1. The highest BCUT2D eigenvalue weighted by Gasteiger charge is 2.37. The Morgan fingerprint density at radius 1 is 0.903 bits per heavy atom. The van der Waals surface area contributed by atoms with E-state index in [0.29, 0.717) is 23.4 Å². The van der Waals surface area contributed by atoms with E-state index in [2.05, 4.69) is 5.32 Å². The van der Waals surface area contributed by atoms with Crippen LogP contribution in [0.5, 0.6) is 0 Å². The van der Waals surface area contributed by atoms with Crippen LogP contribution in [0, 0.1) is 13.8 Å². The average molecular weight is 412 g/mol. The number of nitrogens with zero attached hydrogens (tertiary/aromatic N) is 1. The smallest absolute Gasteiger partial charge is 0.266 e. The Kier molecular flexibility index (Phi) is 5.42. The number of benzene rings is 3. The first-order valence-electron chi connectivity index (χ1n) is 10.3. The molecule has 0 spiro atoms. The number of fused-ring (bicyclic) bond motifs is 1. The zero-order valence-corrected chi connectivity index (χ0v) is 17.8. The molecule has 1 aliphatic heterocycles. The lowest BCUT2D eigenvalue weighted by Crippen LogP contribution is -2.30. The molecule has 0 saturated carbocycles. The van der Waals surface area contributed by atoms with Gasteiger partial charge in [-0.3, -0.25) is 14.4 Å². The number of aryl methyl sites for hydroxylation is 2. The Bertz CT molecular complexity index is 1180. The van der Waals surface area contributed by atoms with Crippen LogP contribution in [0.1, 0.15) is 60.6 Å². The van der Waals surface area contributed by atoms with Gasteiger partial charge in [-0.25, -0.2) is 4.90 Å². The van der Waals surface area contributed by atoms with Crippen LogP contribution >= 0.6 is 0 Å².